The van der Waals surface area contributed by atoms with Gasteiger partial charge in [0.1, 0.15) is 5.69 Å². The molecule has 0 heterocycles. The minimum Gasteiger partial charge on any atom is -0.393 e. The van der Waals surface area contributed by atoms with Crippen molar-refractivity contribution in [3.8, 4) is 0 Å². The molecule has 0 aliphatic carbocycles. The van der Waals surface area contributed by atoms with E-state index in [4.69, 9.17) is 11.3 Å². The number of nitro groups is 1. The Kier molecular flexibility index (Phi) is 4.08. The van der Waals surface area contributed by atoms with Crippen molar-refractivity contribution < 1.29 is 4.92 Å². The van der Waals surface area contributed by atoms with Gasteiger partial charge in [-0.2, -0.15) is 0 Å². The van der Waals surface area contributed by atoms with Crippen LogP contribution in [0.5, 0.6) is 0 Å². The SMILES string of the molecule is Cc1cc(C=CCN=[N+]=[N-])cc([N+](=O)[O-])c1N. The van der Waals surface area contributed by atoms with Crippen LogP contribution in [0.15, 0.2) is 23.3 Å². The molecule has 7 heteroatoms. The molecule has 0 atom stereocenters. The van der Waals surface area contributed by atoms with Gasteiger partial charge in [0.15, 0.2) is 0 Å². The summed E-state index contributed by atoms with van der Waals surface area (Å²) >= 11 is 0. The quantitative estimate of drug-likeness (QED) is 0.215. The second-order valence-electron chi connectivity index (χ2n) is 3.34. The van der Waals surface area contributed by atoms with Gasteiger partial charge in [0, 0.05) is 17.5 Å². The molecule has 0 radical (unpaired) electrons. The van der Waals surface area contributed by atoms with Crippen LogP contribution in [-0.2, 0) is 0 Å². The fraction of sp³-hybridized carbons (Fsp3) is 0.200. The lowest BCUT2D eigenvalue weighted by Gasteiger charge is -2.03. The van der Waals surface area contributed by atoms with Gasteiger partial charge in [0.2, 0.25) is 0 Å². The third kappa shape index (κ3) is 3.22. The van der Waals surface area contributed by atoms with Crippen LogP contribution < -0.4 is 5.73 Å². The zero-order valence-corrected chi connectivity index (χ0v) is 9.20. The third-order valence-electron chi connectivity index (χ3n) is 2.14. The standard InChI is InChI=1S/C10H11N5O2/c1-7-5-8(3-2-4-13-14-12)6-9(10(7)11)15(16)17/h2-3,5-6H,4,11H2,1H3. The monoisotopic (exact) mass is 233 g/mol. The topological polar surface area (TPSA) is 118 Å². The first-order valence-corrected chi connectivity index (χ1v) is 4.78. The summed E-state index contributed by atoms with van der Waals surface area (Å²) in [5, 5.41) is 14.1. The van der Waals surface area contributed by atoms with Gasteiger partial charge in [-0.1, -0.05) is 17.3 Å². The second-order valence-corrected chi connectivity index (χ2v) is 3.34. The number of nitrogens with two attached hydrogens (primary N) is 1. The second kappa shape index (κ2) is 5.53. The number of nitrogen functional groups attached to an aromatic ring is 1. The normalized spacial score (nSPS) is 10.2. The summed E-state index contributed by atoms with van der Waals surface area (Å²) in [5.41, 5.74) is 15.0. The van der Waals surface area contributed by atoms with Gasteiger partial charge < -0.3 is 5.73 Å². The third-order valence-corrected chi connectivity index (χ3v) is 2.14. The molecule has 0 bridgehead atoms. The van der Waals surface area contributed by atoms with Gasteiger partial charge in [0.05, 0.1) is 4.92 Å². The minimum atomic E-state index is -0.521. The van der Waals surface area contributed by atoms with Crippen molar-refractivity contribution in [2.45, 2.75) is 6.92 Å². The Balaban J connectivity index is 3.06. The van der Waals surface area contributed by atoms with Crippen LogP contribution >= 0.6 is 0 Å². The van der Waals surface area contributed by atoms with E-state index in [1.54, 1.807) is 25.1 Å². The van der Waals surface area contributed by atoms with E-state index in [9.17, 15) is 10.1 Å². The summed E-state index contributed by atoms with van der Waals surface area (Å²) in [6, 6.07) is 3.11. The summed E-state index contributed by atoms with van der Waals surface area (Å²) < 4.78 is 0. The molecule has 17 heavy (non-hydrogen) atoms. The Morgan fingerprint density at radius 3 is 2.94 bits per heavy atom. The molecule has 0 fully saturated rings. The number of azide groups is 1. The molecule has 0 spiro atoms. The Morgan fingerprint density at radius 2 is 2.35 bits per heavy atom. The van der Waals surface area contributed by atoms with Gasteiger partial charge in [0.25, 0.3) is 5.69 Å². The van der Waals surface area contributed by atoms with Crippen molar-refractivity contribution in [3.05, 3.63) is 49.9 Å². The fourth-order valence-electron chi connectivity index (χ4n) is 1.33. The van der Waals surface area contributed by atoms with E-state index < -0.39 is 4.92 Å². The average Bonchev–Trinajstić information content (AvgIpc) is 2.28. The first kappa shape index (κ1) is 12.5. The lowest BCUT2D eigenvalue weighted by atomic mass is 10.1. The lowest BCUT2D eigenvalue weighted by molar-refractivity contribution is -0.383. The summed E-state index contributed by atoms with van der Waals surface area (Å²) in [7, 11) is 0. The average molecular weight is 233 g/mol. The van der Waals surface area contributed by atoms with E-state index in [1.807, 2.05) is 0 Å². The van der Waals surface area contributed by atoms with Crippen molar-refractivity contribution in [2.75, 3.05) is 12.3 Å². The summed E-state index contributed by atoms with van der Waals surface area (Å²) in [6.07, 6.45) is 3.27. The van der Waals surface area contributed by atoms with Gasteiger partial charge in [-0.3, -0.25) is 10.1 Å². The van der Waals surface area contributed by atoms with E-state index in [1.165, 1.54) is 6.07 Å². The van der Waals surface area contributed by atoms with Gasteiger partial charge in [-0.15, -0.1) is 0 Å². The van der Waals surface area contributed by atoms with E-state index >= 15 is 0 Å². The molecular formula is C10H11N5O2. The number of aryl methyl sites for hydroxylation is 1. The number of rotatable bonds is 4. The van der Waals surface area contributed by atoms with Crippen molar-refractivity contribution in [3.63, 3.8) is 0 Å². The van der Waals surface area contributed by atoms with E-state index in [0.29, 0.717) is 11.1 Å². The van der Waals surface area contributed by atoms with Crippen molar-refractivity contribution >= 4 is 17.5 Å². The predicted octanol–water partition coefficient (Wildman–Crippen LogP) is 2.81. The van der Waals surface area contributed by atoms with Crippen LogP contribution in [0.2, 0.25) is 0 Å². The van der Waals surface area contributed by atoms with Crippen LogP contribution in [-0.4, -0.2) is 11.5 Å². The highest BCUT2D eigenvalue weighted by atomic mass is 16.6. The first-order valence-electron chi connectivity index (χ1n) is 4.78. The van der Waals surface area contributed by atoms with E-state index in [0.717, 1.165) is 0 Å². The van der Waals surface area contributed by atoms with E-state index in [-0.39, 0.29) is 17.9 Å². The Labute approximate surface area is 97.3 Å². The maximum absolute atomic E-state index is 10.7. The van der Waals surface area contributed by atoms with Gasteiger partial charge in [-0.25, -0.2) is 0 Å². The molecule has 0 aromatic heterocycles. The van der Waals surface area contributed by atoms with Crippen molar-refractivity contribution in [1.82, 2.24) is 0 Å². The number of anilines is 1. The molecule has 0 saturated carbocycles. The molecule has 1 aromatic carbocycles. The maximum Gasteiger partial charge on any atom is 0.292 e. The molecule has 0 amide bonds. The molecular weight excluding hydrogens is 222 g/mol. The molecule has 2 N–H and O–H groups in total. The van der Waals surface area contributed by atoms with Crippen LogP contribution in [0, 0.1) is 17.0 Å². The van der Waals surface area contributed by atoms with Crippen LogP contribution in [0.4, 0.5) is 11.4 Å². The number of hydrogen-bond donors (Lipinski definition) is 1. The first-order chi connectivity index (χ1) is 8.06. The molecule has 0 unspecified atom stereocenters. The number of benzene rings is 1. The van der Waals surface area contributed by atoms with Crippen LogP contribution in [0.1, 0.15) is 11.1 Å². The lowest BCUT2D eigenvalue weighted by Crippen LogP contribution is -1.98. The Hall–Kier alpha value is -2.53. The van der Waals surface area contributed by atoms with Gasteiger partial charge in [-0.05, 0) is 29.6 Å². The number of hydrogen-bond acceptors (Lipinski definition) is 4. The van der Waals surface area contributed by atoms with Crippen LogP contribution in [0.3, 0.4) is 0 Å². The smallest absolute Gasteiger partial charge is 0.292 e. The highest BCUT2D eigenvalue weighted by Gasteiger charge is 2.13. The Morgan fingerprint density at radius 1 is 1.65 bits per heavy atom. The van der Waals surface area contributed by atoms with Crippen molar-refractivity contribution in [2.24, 2.45) is 5.11 Å². The molecule has 88 valence electrons. The predicted molar refractivity (Wildman–Crippen MR) is 65.3 cm³/mol. The zero-order valence-electron chi connectivity index (χ0n) is 9.20. The summed E-state index contributed by atoms with van der Waals surface area (Å²) in [6.45, 7) is 1.90. The molecule has 1 aromatic rings. The Bertz CT molecular complexity index is 518. The molecule has 0 aliphatic rings. The van der Waals surface area contributed by atoms with Crippen molar-refractivity contribution in [1.29, 1.82) is 0 Å². The maximum atomic E-state index is 10.7. The molecule has 0 aliphatic heterocycles. The summed E-state index contributed by atoms with van der Waals surface area (Å²) in [4.78, 5) is 12.8. The zero-order chi connectivity index (χ0) is 12.8. The molecule has 7 nitrogen and oxygen atoms in total. The number of nitro benzene ring substituents is 1. The molecule has 0 saturated heterocycles. The van der Waals surface area contributed by atoms with Gasteiger partial charge >= 0.3 is 0 Å². The minimum absolute atomic E-state index is 0.117. The van der Waals surface area contributed by atoms with E-state index in [2.05, 4.69) is 10.0 Å². The number of nitrogens with zero attached hydrogens (tertiary/aromatic N) is 4. The van der Waals surface area contributed by atoms with Crippen LogP contribution in [0.25, 0.3) is 16.5 Å². The highest BCUT2D eigenvalue weighted by molar-refractivity contribution is 5.68. The largest absolute Gasteiger partial charge is 0.393 e. The summed E-state index contributed by atoms with van der Waals surface area (Å²) in [5.74, 6) is 0. The highest BCUT2D eigenvalue weighted by Crippen LogP contribution is 2.27. The fourth-order valence-corrected chi connectivity index (χ4v) is 1.33. The molecule has 1 rings (SSSR count).